The van der Waals surface area contributed by atoms with E-state index in [-0.39, 0.29) is 0 Å². The van der Waals surface area contributed by atoms with Crippen molar-refractivity contribution in [1.82, 2.24) is 5.32 Å². The minimum absolute atomic E-state index is 0.438. The Bertz CT molecular complexity index is 353. The van der Waals surface area contributed by atoms with Crippen LogP contribution in [-0.4, -0.2) is 18.6 Å². The highest BCUT2D eigenvalue weighted by molar-refractivity contribution is 5.20. The second-order valence-corrected chi connectivity index (χ2v) is 6.28. The van der Waals surface area contributed by atoms with E-state index in [0.717, 1.165) is 6.54 Å². The van der Waals surface area contributed by atoms with E-state index in [2.05, 4.69) is 49.5 Å². The minimum Gasteiger partial charge on any atom is -0.328 e. The van der Waals surface area contributed by atoms with Gasteiger partial charge in [-0.1, -0.05) is 44.2 Å². The van der Waals surface area contributed by atoms with Crippen LogP contribution in [0.25, 0.3) is 0 Å². The molecule has 1 aliphatic carbocycles. The average Bonchev–Trinajstić information content (AvgIpc) is 2.42. The zero-order valence-corrected chi connectivity index (χ0v) is 12.3. The highest BCUT2D eigenvalue weighted by atomic mass is 14.9. The zero-order valence-electron chi connectivity index (χ0n) is 12.3. The van der Waals surface area contributed by atoms with E-state index in [4.69, 9.17) is 5.73 Å². The molecule has 1 aromatic rings. The molecule has 3 N–H and O–H groups in total. The van der Waals surface area contributed by atoms with Crippen LogP contribution in [0.3, 0.4) is 0 Å². The summed E-state index contributed by atoms with van der Waals surface area (Å²) in [6.45, 7) is 5.72. The van der Waals surface area contributed by atoms with E-state index < -0.39 is 0 Å². The molecule has 2 nitrogen and oxygen atoms in total. The van der Waals surface area contributed by atoms with E-state index in [1.165, 1.54) is 31.2 Å². The Morgan fingerprint density at radius 1 is 1.11 bits per heavy atom. The number of hydrogen-bond acceptors (Lipinski definition) is 2. The lowest BCUT2D eigenvalue weighted by Crippen LogP contribution is -2.39. The van der Waals surface area contributed by atoms with E-state index in [1.807, 2.05) is 0 Å². The number of hydrogen-bond donors (Lipinski definition) is 2. The normalized spacial score (nSPS) is 25.5. The summed E-state index contributed by atoms with van der Waals surface area (Å²) in [5, 5.41) is 3.77. The highest BCUT2D eigenvalue weighted by Crippen LogP contribution is 2.24. The van der Waals surface area contributed by atoms with Crippen molar-refractivity contribution < 1.29 is 0 Å². The van der Waals surface area contributed by atoms with E-state index in [9.17, 15) is 0 Å². The maximum absolute atomic E-state index is 5.96. The summed E-state index contributed by atoms with van der Waals surface area (Å²) in [4.78, 5) is 0. The van der Waals surface area contributed by atoms with Gasteiger partial charge in [-0.3, -0.25) is 0 Å². The van der Waals surface area contributed by atoms with Gasteiger partial charge in [0.05, 0.1) is 0 Å². The van der Waals surface area contributed by atoms with Crippen LogP contribution in [0.5, 0.6) is 0 Å². The predicted molar refractivity (Wildman–Crippen MR) is 82.3 cm³/mol. The van der Waals surface area contributed by atoms with Crippen LogP contribution < -0.4 is 11.1 Å². The summed E-state index contributed by atoms with van der Waals surface area (Å²) in [6.07, 6.45) is 4.83. The Hall–Kier alpha value is -0.860. The first-order chi connectivity index (χ1) is 9.16. The lowest BCUT2D eigenvalue weighted by molar-refractivity contribution is 0.325. The molecule has 0 amide bonds. The second-order valence-electron chi connectivity index (χ2n) is 6.28. The molecule has 0 saturated heterocycles. The van der Waals surface area contributed by atoms with Crippen molar-refractivity contribution >= 4 is 0 Å². The Kier molecular flexibility index (Phi) is 5.41. The standard InChI is InChI=1S/C17H28N2/c1-13(2)17(14-6-4-3-5-7-14)12-19-16-10-8-15(18)9-11-16/h3-7,13,15-17,19H,8-12,18H2,1-2H3. The lowest BCUT2D eigenvalue weighted by Gasteiger charge is -2.30. The largest absolute Gasteiger partial charge is 0.328 e. The van der Waals surface area contributed by atoms with Crippen molar-refractivity contribution in [2.24, 2.45) is 11.7 Å². The number of nitrogens with one attached hydrogen (secondary N) is 1. The number of benzene rings is 1. The third-order valence-electron chi connectivity index (χ3n) is 4.43. The summed E-state index contributed by atoms with van der Waals surface area (Å²) < 4.78 is 0. The van der Waals surface area contributed by atoms with Gasteiger partial charge in [0.1, 0.15) is 0 Å². The Balaban J connectivity index is 1.88. The number of nitrogens with two attached hydrogens (primary N) is 1. The molecule has 2 rings (SSSR count). The van der Waals surface area contributed by atoms with Crippen molar-refractivity contribution in [1.29, 1.82) is 0 Å². The molecule has 106 valence electrons. The van der Waals surface area contributed by atoms with Crippen LogP contribution in [0.1, 0.15) is 51.0 Å². The van der Waals surface area contributed by atoms with Crippen molar-refractivity contribution in [3.05, 3.63) is 35.9 Å². The monoisotopic (exact) mass is 260 g/mol. The Morgan fingerprint density at radius 3 is 2.32 bits per heavy atom. The van der Waals surface area contributed by atoms with Crippen molar-refractivity contribution in [3.63, 3.8) is 0 Å². The van der Waals surface area contributed by atoms with Gasteiger partial charge < -0.3 is 11.1 Å². The molecule has 0 aromatic heterocycles. The first-order valence-corrected chi connectivity index (χ1v) is 7.70. The molecule has 1 atom stereocenters. The third kappa shape index (κ3) is 4.32. The molecular weight excluding hydrogens is 232 g/mol. The van der Waals surface area contributed by atoms with Crippen LogP contribution in [0.2, 0.25) is 0 Å². The highest BCUT2D eigenvalue weighted by Gasteiger charge is 2.21. The maximum atomic E-state index is 5.96. The molecule has 1 aromatic carbocycles. The first kappa shape index (κ1) is 14.5. The molecule has 0 bridgehead atoms. The van der Waals surface area contributed by atoms with Gasteiger partial charge >= 0.3 is 0 Å². The van der Waals surface area contributed by atoms with Gasteiger partial charge in [-0.15, -0.1) is 0 Å². The second kappa shape index (κ2) is 7.06. The fraction of sp³-hybridized carbons (Fsp3) is 0.647. The molecule has 19 heavy (non-hydrogen) atoms. The van der Waals surface area contributed by atoms with Gasteiger partial charge in [0.15, 0.2) is 0 Å². The van der Waals surface area contributed by atoms with Crippen LogP contribution in [0.15, 0.2) is 30.3 Å². The number of rotatable bonds is 5. The molecule has 0 radical (unpaired) electrons. The third-order valence-corrected chi connectivity index (χ3v) is 4.43. The van der Waals surface area contributed by atoms with Crippen molar-refractivity contribution in [2.45, 2.75) is 57.5 Å². The van der Waals surface area contributed by atoms with Crippen LogP contribution in [0.4, 0.5) is 0 Å². The molecule has 1 saturated carbocycles. The van der Waals surface area contributed by atoms with Gasteiger partial charge in [-0.2, -0.15) is 0 Å². The summed E-state index contributed by atoms with van der Waals surface area (Å²) >= 11 is 0. The van der Waals surface area contributed by atoms with Crippen molar-refractivity contribution in [3.8, 4) is 0 Å². The van der Waals surface area contributed by atoms with Gasteiger partial charge in [-0.25, -0.2) is 0 Å². The van der Waals surface area contributed by atoms with E-state index in [1.54, 1.807) is 0 Å². The van der Waals surface area contributed by atoms with Crippen LogP contribution in [0, 0.1) is 5.92 Å². The van der Waals surface area contributed by atoms with Crippen molar-refractivity contribution in [2.75, 3.05) is 6.54 Å². The topological polar surface area (TPSA) is 38.0 Å². The van der Waals surface area contributed by atoms with Gasteiger partial charge in [0.2, 0.25) is 0 Å². The molecule has 1 fully saturated rings. The van der Waals surface area contributed by atoms with E-state index in [0.29, 0.717) is 23.9 Å². The van der Waals surface area contributed by atoms with Gasteiger partial charge in [0, 0.05) is 18.6 Å². The van der Waals surface area contributed by atoms with Gasteiger partial charge in [0.25, 0.3) is 0 Å². The Labute approximate surface area is 117 Å². The quantitative estimate of drug-likeness (QED) is 0.852. The molecule has 0 spiro atoms. The molecule has 1 aliphatic rings. The van der Waals surface area contributed by atoms with Gasteiger partial charge in [-0.05, 0) is 43.1 Å². The smallest absolute Gasteiger partial charge is 0.00684 e. The zero-order chi connectivity index (χ0) is 13.7. The molecular formula is C17H28N2. The fourth-order valence-corrected chi connectivity index (χ4v) is 3.06. The SMILES string of the molecule is CC(C)C(CNC1CCC(N)CC1)c1ccccc1. The molecule has 0 aliphatic heterocycles. The van der Waals surface area contributed by atoms with E-state index >= 15 is 0 Å². The summed E-state index contributed by atoms with van der Waals surface area (Å²) in [7, 11) is 0. The minimum atomic E-state index is 0.438. The maximum Gasteiger partial charge on any atom is 0.00684 e. The fourth-order valence-electron chi connectivity index (χ4n) is 3.06. The predicted octanol–water partition coefficient (Wildman–Crippen LogP) is 3.29. The van der Waals surface area contributed by atoms with Crippen LogP contribution in [-0.2, 0) is 0 Å². The average molecular weight is 260 g/mol. The lowest BCUT2D eigenvalue weighted by atomic mass is 9.87. The first-order valence-electron chi connectivity index (χ1n) is 7.70. The molecule has 1 unspecified atom stereocenters. The Morgan fingerprint density at radius 2 is 1.74 bits per heavy atom. The summed E-state index contributed by atoms with van der Waals surface area (Å²) in [6, 6.07) is 12.0. The molecule has 2 heteroatoms. The molecule has 0 heterocycles. The summed E-state index contributed by atoms with van der Waals surface area (Å²) in [5.41, 5.74) is 7.42. The summed E-state index contributed by atoms with van der Waals surface area (Å²) in [5.74, 6) is 1.28. The van der Waals surface area contributed by atoms with Crippen LogP contribution >= 0.6 is 0 Å².